The third-order valence-corrected chi connectivity index (χ3v) is 4.22. The molecule has 0 saturated heterocycles. The molecule has 0 amide bonds. The molecule has 1 radical (unpaired) electrons. The lowest BCUT2D eigenvalue weighted by atomic mass is 10.0. The summed E-state index contributed by atoms with van der Waals surface area (Å²) in [7, 11) is 2.13. The van der Waals surface area contributed by atoms with Gasteiger partial charge in [-0.1, -0.05) is 12.1 Å². The van der Waals surface area contributed by atoms with Gasteiger partial charge in [-0.25, -0.2) is 4.98 Å². The highest BCUT2D eigenvalue weighted by Gasteiger charge is 2.31. The zero-order valence-corrected chi connectivity index (χ0v) is 13.8. The number of aromatic nitrogens is 2. The third-order valence-electron chi connectivity index (χ3n) is 4.22. The van der Waals surface area contributed by atoms with Gasteiger partial charge in [0, 0.05) is 30.3 Å². The SMILES string of the molecule is CC(C)N1[B]N(c2cc(-c3ccncc3)ccn2)c2ccccc21. The third kappa shape index (κ3) is 2.52. The molecule has 0 atom stereocenters. The molecule has 0 unspecified atom stereocenters. The Morgan fingerprint density at radius 1 is 0.875 bits per heavy atom. The van der Waals surface area contributed by atoms with Crippen LogP contribution in [0.25, 0.3) is 11.1 Å². The molecule has 0 saturated carbocycles. The maximum Gasteiger partial charge on any atom is 0.397 e. The molecule has 2 aromatic heterocycles. The van der Waals surface area contributed by atoms with Crippen LogP contribution in [0.15, 0.2) is 67.1 Å². The Balaban J connectivity index is 1.75. The molecule has 0 spiro atoms. The second kappa shape index (κ2) is 6.00. The second-order valence-electron chi connectivity index (χ2n) is 6.11. The Hall–Kier alpha value is -2.82. The summed E-state index contributed by atoms with van der Waals surface area (Å²) in [5.74, 6) is 0.917. The van der Waals surface area contributed by atoms with E-state index in [9.17, 15) is 0 Å². The van der Waals surface area contributed by atoms with Gasteiger partial charge < -0.3 is 9.62 Å². The molecule has 1 aliphatic heterocycles. The van der Waals surface area contributed by atoms with Crippen LogP contribution in [0, 0.1) is 0 Å². The van der Waals surface area contributed by atoms with E-state index in [2.05, 4.69) is 71.3 Å². The van der Waals surface area contributed by atoms with Crippen LogP contribution >= 0.6 is 0 Å². The maximum atomic E-state index is 4.59. The molecule has 0 aliphatic carbocycles. The summed E-state index contributed by atoms with van der Waals surface area (Å²) in [4.78, 5) is 13.1. The fraction of sp³-hybridized carbons (Fsp3) is 0.158. The van der Waals surface area contributed by atoms with Crippen LogP contribution in [0.5, 0.6) is 0 Å². The molecule has 5 heteroatoms. The van der Waals surface area contributed by atoms with Crippen LogP contribution in [0.3, 0.4) is 0 Å². The molecule has 4 rings (SSSR count). The number of benzene rings is 1. The predicted molar refractivity (Wildman–Crippen MR) is 99.4 cm³/mol. The quantitative estimate of drug-likeness (QED) is 0.683. The lowest BCUT2D eigenvalue weighted by molar-refractivity contribution is 0.829. The number of hydrogen-bond acceptors (Lipinski definition) is 4. The molecular formula is C19H18BN4. The molecule has 24 heavy (non-hydrogen) atoms. The lowest BCUT2D eigenvalue weighted by Gasteiger charge is -2.23. The van der Waals surface area contributed by atoms with Gasteiger partial charge in [0.1, 0.15) is 5.82 Å². The predicted octanol–water partition coefficient (Wildman–Crippen LogP) is 4.04. The summed E-state index contributed by atoms with van der Waals surface area (Å²) in [6, 6.07) is 17.0. The van der Waals surface area contributed by atoms with Crippen LogP contribution < -0.4 is 9.62 Å². The topological polar surface area (TPSA) is 32.3 Å². The molecular weight excluding hydrogens is 295 g/mol. The van der Waals surface area contributed by atoms with E-state index in [4.69, 9.17) is 0 Å². The van der Waals surface area contributed by atoms with Crippen LogP contribution in [0.2, 0.25) is 0 Å². The fourth-order valence-corrected chi connectivity index (χ4v) is 3.00. The largest absolute Gasteiger partial charge is 0.397 e. The average Bonchev–Trinajstić information content (AvgIpc) is 3.03. The number of pyridine rings is 2. The van der Waals surface area contributed by atoms with Gasteiger partial charge in [-0.15, -0.1) is 0 Å². The minimum absolute atomic E-state index is 0.388. The summed E-state index contributed by atoms with van der Waals surface area (Å²) in [6.45, 7) is 4.38. The van der Waals surface area contributed by atoms with Crippen LogP contribution in [-0.4, -0.2) is 23.6 Å². The number of para-hydroxylation sites is 2. The van der Waals surface area contributed by atoms with Crippen molar-refractivity contribution >= 4 is 24.7 Å². The molecule has 117 valence electrons. The van der Waals surface area contributed by atoms with Gasteiger partial charge in [-0.05, 0) is 61.4 Å². The number of fused-ring (bicyclic) bond motifs is 1. The summed E-state index contributed by atoms with van der Waals surface area (Å²) in [6.07, 6.45) is 5.49. The molecule has 4 nitrogen and oxygen atoms in total. The summed E-state index contributed by atoms with van der Waals surface area (Å²) in [5, 5.41) is 0. The van der Waals surface area contributed by atoms with Crippen molar-refractivity contribution in [2.45, 2.75) is 19.9 Å². The molecule has 3 heterocycles. The fourth-order valence-electron chi connectivity index (χ4n) is 3.00. The Morgan fingerprint density at radius 3 is 2.33 bits per heavy atom. The first-order valence-corrected chi connectivity index (χ1v) is 8.12. The van der Waals surface area contributed by atoms with Crippen molar-refractivity contribution in [3.05, 3.63) is 67.1 Å². The van der Waals surface area contributed by atoms with Crippen molar-refractivity contribution in [1.29, 1.82) is 0 Å². The van der Waals surface area contributed by atoms with Gasteiger partial charge in [0.25, 0.3) is 0 Å². The van der Waals surface area contributed by atoms with E-state index in [0.717, 1.165) is 22.6 Å². The molecule has 1 aliphatic rings. The zero-order valence-electron chi connectivity index (χ0n) is 13.8. The first-order valence-electron chi connectivity index (χ1n) is 8.12. The maximum absolute atomic E-state index is 4.59. The number of nitrogens with zero attached hydrogens (tertiary/aromatic N) is 4. The molecule has 3 aromatic rings. The number of anilines is 3. The second-order valence-corrected chi connectivity index (χ2v) is 6.11. The first-order chi connectivity index (χ1) is 11.7. The molecule has 0 N–H and O–H groups in total. The highest BCUT2D eigenvalue weighted by atomic mass is 15.3. The Kier molecular flexibility index (Phi) is 3.69. The minimum Gasteiger partial charge on any atom is -0.395 e. The summed E-state index contributed by atoms with van der Waals surface area (Å²) < 4.78 is 0. The number of hydrogen-bond donors (Lipinski definition) is 0. The summed E-state index contributed by atoms with van der Waals surface area (Å²) >= 11 is 0. The van der Waals surface area contributed by atoms with Crippen molar-refractivity contribution in [2.24, 2.45) is 0 Å². The van der Waals surface area contributed by atoms with Gasteiger partial charge >= 0.3 is 7.55 Å². The first kappa shape index (κ1) is 14.8. The highest BCUT2D eigenvalue weighted by molar-refractivity contribution is 6.53. The molecule has 0 bridgehead atoms. The highest BCUT2D eigenvalue weighted by Crippen LogP contribution is 2.40. The summed E-state index contributed by atoms with van der Waals surface area (Å²) in [5.41, 5.74) is 4.65. The van der Waals surface area contributed by atoms with Gasteiger partial charge in [0.05, 0.1) is 5.69 Å². The van der Waals surface area contributed by atoms with E-state index in [1.807, 2.05) is 36.8 Å². The van der Waals surface area contributed by atoms with Gasteiger partial charge in [-0.2, -0.15) is 0 Å². The van der Waals surface area contributed by atoms with Crippen molar-refractivity contribution in [3.8, 4) is 11.1 Å². The smallest absolute Gasteiger partial charge is 0.395 e. The van der Waals surface area contributed by atoms with Crippen molar-refractivity contribution < 1.29 is 0 Å². The van der Waals surface area contributed by atoms with E-state index in [1.54, 1.807) is 0 Å². The van der Waals surface area contributed by atoms with E-state index >= 15 is 0 Å². The minimum atomic E-state index is 0.388. The average molecular weight is 313 g/mol. The van der Waals surface area contributed by atoms with E-state index in [-0.39, 0.29) is 0 Å². The van der Waals surface area contributed by atoms with Crippen LogP contribution in [-0.2, 0) is 0 Å². The van der Waals surface area contributed by atoms with Crippen molar-refractivity contribution in [3.63, 3.8) is 0 Å². The Bertz CT molecular complexity index is 851. The lowest BCUT2D eigenvalue weighted by Crippen LogP contribution is -2.37. The van der Waals surface area contributed by atoms with Crippen molar-refractivity contribution in [1.82, 2.24) is 9.97 Å². The zero-order chi connectivity index (χ0) is 16.5. The number of rotatable bonds is 3. The monoisotopic (exact) mass is 313 g/mol. The standard InChI is InChI=1S/C19H18BN4/c1-14(2)23-17-5-3-4-6-18(17)24(20-23)19-13-16(9-12-22-19)15-7-10-21-11-8-15/h3-14H,1-2H3. The van der Waals surface area contributed by atoms with E-state index in [0.29, 0.717) is 6.04 Å². The van der Waals surface area contributed by atoms with Gasteiger partial charge in [-0.3, -0.25) is 4.98 Å². The Labute approximate surface area is 143 Å². The van der Waals surface area contributed by atoms with Crippen LogP contribution in [0.1, 0.15) is 13.8 Å². The normalized spacial score (nSPS) is 13.1. The molecule has 1 aromatic carbocycles. The van der Waals surface area contributed by atoms with Crippen molar-refractivity contribution in [2.75, 3.05) is 9.62 Å². The van der Waals surface area contributed by atoms with Gasteiger partial charge in [0.15, 0.2) is 0 Å². The van der Waals surface area contributed by atoms with Crippen LogP contribution in [0.4, 0.5) is 17.2 Å². The van der Waals surface area contributed by atoms with Gasteiger partial charge in [0.2, 0.25) is 0 Å². The van der Waals surface area contributed by atoms with E-state index in [1.165, 1.54) is 5.69 Å². The Morgan fingerprint density at radius 2 is 1.58 bits per heavy atom. The molecule has 0 fully saturated rings. The van der Waals surface area contributed by atoms with E-state index < -0.39 is 0 Å².